The fourth-order valence-electron chi connectivity index (χ4n) is 7.14. The number of anilines is 2. The number of aromatic hydroxyl groups is 1. The summed E-state index contributed by atoms with van der Waals surface area (Å²) in [5.74, 6) is -9.37. The quantitative estimate of drug-likeness (QED) is 0.161. The molecule has 0 bridgehead atoms. The number of hydrogen-bond acceptors (Lipinski definition) is 12. The number of ketones is 2. The lowest BCUT2D eigenvalue weighted by molar-refractivity contribution is -0.169. The molecule has 0 saturated heterocycles. The van der Waals surface area contributed by atoms with E-state index in [2.05, 4.69) is 10.3 Å². The summed E-state index contributed by atoms with van der Waals surface area (Å²) < 4.78 is 0. The Kier molecular flexibility index (Phi) is 7.12. The number of rotatable bonds is 5. The van der Waals surface area contributed by atoms with Crippen LogP contribution in [0.5, 0.6) is 5.75 Å². The zero-order chi connectivity index (χ0) is 32.7. The minimum atomic E-state index is -2.97. The van der Waals surface area contributed by atoms with Crippen molar-refractivity contribution in [2.45, 2.75) is 37.5 Å². The van der Waals surface area contributed by atoms with Crippen LogP contribution in [0.3, 0.4) is 0 Å². The molecule has 2 unspecified atom stereocenters. The lowest BCUT2D eigenvalue weighted by Crippen LogP contribution is -2.70. The van der Waals surface area contributed by atoms with Crippen LogP contribution in [-0.2, 0) is 14.4 Å². The summed E-state index contributed by atoms with van der Waals surface area (Å²) in [6.07, 6.45) is -1.66. The van der Waals surface area contributed by atoms with Crippen molar-refractivity contribution in [3.05, 3.63) is 76.2 Å². The van der Waals surface area contributed by atoms with Crippen LogP contribution in [0, 0.1) is 18.8 Å². The Balaban J connectivity index is 1.48. The topological polar surface area (TPSA) is 207 Å². The molecule has 6 atom stereocenters. The van der Waals surface area contributed by atoms with Gasteiger partial charge in [0, 0.05) is 11.5 Å². The van der Waals surface area contributed by atoms with Crippen LogP contribution >= 0.6 is 11.3 Å². The fraction of sp³-hybridized carbons (Fsp3) is 0.312. The number of likely N-dealkylation sites (N-methyl/N-ethyl adjacent to an activating group) is 1. The Morgan fingerprint density at radius 2 is 1.76 bits per heavy atom. The molecule has 1 heterocycles. The molecule has 0 spiro atoms. The number of carbonyl (C=O) groups is 3. The van der Waals surface area contributed by atoms with Gasteiger partial charge in [0.25, 0.3) is 5.91 Å². The van der Waals surface area contributed by atoms with E-state index in [4.69, 9.17) is 5.73 Å². The van der Waals surface area contributed by atoms with Gasteiger partial charge in [-0.3, -0.25) is 19.3 Å². The summed E-state index contributed by atoms with van der Waals surface area (Å²) in [6, 6.07) is 11.5. The molecule has 234 valence electrons. The van der Waals surface area contributed by atoms with Crippen LogP contribution in [0.15, 0.2) is 59.4 Å². The maximum atomic E-state index is 14.2. The zero-order valence-corrected chi connectivity index (χ0v) is 25.6. The molecule has 12 nitrogen and oxygen atoms in total. The number of carbonyl (C=O) groups excluding carboxylic acids is 3. The van der Waals surface area contributed by atoms with Crippen LogP contribution in [-0.4, -0.2) is 84.7 Å². The summed E-state index contributed by atoms with van der Waals surface area (Å²) in [5, 5.41) is 61.2. The Labute approximate surface area is 261 Å². The van der Waals surface area contributed by atoms with Crippen molar-refractivity contribution in [1.82, 2.24) is 9.88 Å². The van der Waals surface area contributed by atoms with Gasteiger partial charge in [-0.1, -0.05) is 54.7 Å². The van der Waals surface area contributed by atoms with Crippen molar-refractivity contribution in [2.24, 2.45) is 17.6 Å². The second kappa shape index (κ2) is 10.5. The van der Waals surface area contributed by atoms with E-state index in [-0.39, 0.29) is 11.3 Å². The Morgan fingerprint density at radius 1 is 1.09 bits per heavy atom. The normalized spacial score (nSPS) is 27.8. The predicted molar refractivity (Wildman–Crippen MR) is 166 cm³/mol. The predicted octanol–water partition coefficient (Wildman–Crippen LogP) is 2.67. The minimum Gasteiger partial charge on any atom is -0.508 e. The number of Topliss-reactive ketones (excluding diaryl/α,β-unsaturated/α-hetero) is 2. The van der Waals surface area contributed by atoms with Crippen molar-refractivity contribution < 1.29 is 39.9 Å². The Hall–Kier alpha value is -4.56. The average molecular weight is 633 g/mol. The van der Waals surface area contributed by atoms with E-state index in [0.717, 1.165) is 16.1 Å². The number of aliphatic hydroxyl groups is 4. The standard InChI is InChI=1S/C32H32N4O8S/c1-12-15-10-11-16(35-31-34-13(2)27(45-31)14-8-6-5-7-9-14)23(37)18(15)24(38)19-17(12)25(39)21-22(36(3)4)26(40)20(30(33)43)29(42)32(21,44)28(19)41/h5-12,17,21-22,25,37-39,42,44H,1-4H3,(H2,33,43)(H,34,35)/t12-,17?,21?,22-,25-,32-/m0/s1. The van der Waals surface area contributed by atoms with Crippen molar-refractivity contribution in [3.8, 4) is 16.2 Å². The molecule has 8 N–H and O–H groups in total. The number of phenolic OH excluding ortho intramolecular Hbond substituents is 1. The number of hydrogen-bond donors (Lipinski definition) is 7. The van der Waals surface area contributed by atoms with E-state index < -0.39 is 81.4 Å². The van der Waals surface area contributed by atoms with Crippen LogP contribution in [0.4, 0.5) is 10.8 Å². The van der Waals surface area contributed by atoms with Crippen molar-refractivity contribution >= 4 is 45.4 Å². The number of benzene rings is 2. The molecule has 1 amide bonds. The smallest absolute Gasteiger partial charge is 0.255 e. The highest BCUT2D eigenvalue weighted by Gasteiger charge is 2.68. The first-order valence-electron chi connectivity index (χ1n) is 14.2. The molecule has 13 heteroatoms. The molecule has 3 aromatic rings. The molecule has 1 aromatic heterocycles. The van der Waals surface area contributed by atoms with E-state index in [1.54, 1.807) is 19.1 Å². The average Bonchev–Trinajstić information content (AvgIpc) is 3.35. The first kappa shape index (κ1) is 30.5. The van der Waals surface area contributed by atoms with E-state index in [0.29, 0.717) is 10.7 Å². The second-order valence-electron chi connectivity index (χ2n) is 11.9. The summed E-state index contributed by atoms with van der Waals surface area (Å²) in [5.41, 5.74) is 3.21. The summed E-state index contributed by atoms with van der Waals surface area (Å²) in [6.45, 7) is 3.54. The van der Waals surface area contributed by atoms with Gasteiger partial charge >= 0.3 is 0 Å². The van der Waals surface area contributed by atoms with Gasteiger partial charge in [0.15, 0.2) is 16.5 Å². The highest BCUT2D eigenvalue weighted by Crippen LogP contribution is 2.57. The van der Waals surface area contributed by atoms with Gasteiger partial charge < -0.3 is 36.6 Å². The fourth-order valence-corrected chi connectivity index (χ4v) is 8.12. The number of nitrogens with two attached hydrogens (primary N) is 1. The molecule has 0 aliphatic heterocycles. The van der Waals surface area contributed by atoms with Gasteiger partial charge in [0.2, 0.25) is 5.78 Å². The van der Waals surface area contributed by atoms with Gasteiger partial charge in [0.05, 0.1) is 39.9 Å². The number of phenols is 1. The van der Waals surface area contributed by atoms with E-state index >= 15 is 0 Å². The van der Waals surface area contributed by atoms with E-state index in [1.807, 2.05) is 37.3 Å². The molecule has 3 aliphatic carbocycles. The SMILES string of the molecule is Cc1nc(Nc2ccc3c(c2O)C(O)=C2C(=O)[C@]4(O)C(O)=C(C(N)=O)C(=O)[C@@H](N(C)C)C4[C@@H](O)C2[C@H]3C)sc1-c1ccccc1. The number of aromatic nitrogens is 1. The number of nitrogens with one attached hydrogen (secondary N) is 1. The van der Waals surface area contributed by atoms with Gasteiger partial charge in [-0.05, 0) is 44.1 Å². The van der Waals surface area contributed by atoms with Crippen molar-refractivity contribution in [2.75, 3.05) is 19.4 Å². The Bertz CT molecular complexity index is 1850. The number of aliphatic hydroxyl groups excluding tert-OH is 3. The summed E-state index contributed by atoms with van der Waals surface area (Å²) in [4.78, 5) is 46.5. The molecule has 45 heavy (non-hydrogen) atoms. The largest absolute Gasteiger partial charge is 0.508 e. The molecule has 3 aliphatic rings. The molecule has 1 fully saturated rings. The first-order valence-corrected chi connectivity index (χ1v) is 15.0. The maximum Gasteiger partial charge on any atom is 0.255 e. The number of primary amides is 1. The van der Waals surface area contributed by atoms with Gasteiger partial charge in [-0.2, -0.15) is 0 Å². The molecule has 1 saturated carbocycles. The first-order chi connectivity index (χ1) is 21.2. The van der Waals surface area contributed by atoms with Crippen molar-refractivity contribution in [3.63, 3.8) is 0 Å². The van der Waals surface area contributed by atoms with E-state index in [1.165, 1.54) is 30.3 Å². The number of amides is 1. The molecule has 2 aromatic carbocycles. The van der Waals surface area contributed by atoms with Crippen LogP contribution in [0.1, 0.15) is 29.7 Å². The lowest BCUT2D eigenvalue weighted by atomic mass is 9.54. The molecule has 6 rings (SSSR count). The third-order valence-corrected chi connectivity index (χ3v) is 10.3. The van der Waals surface area contributed by atoms with Crippen LogP contribution < -0.4 is 11.1 Å². The van der Waals surface area contributed by atoms with Gasteiger partial charge in [-0.25, -0.2) is 4.98 Å². The van der Waals surface area contributed by atoms with Gasteiger partial charge in [-0.15, -0.1) is 0 Å². The maximum absolute atomic E-state index is 14.2. The number of fused-ring (bicyclic) bond motifs is 3. The van der Waals surface area contributed by atoms with Gasteiger partial charge in [0.1, 0.15) is 22.8 Å². The molecule has 0 radical (unpaired) electrons. The van der Waals surface area contributed by atoms with Crippen LogP contribution in [0.2, 0.25) is 0 Å². The Morgan fingerprint density at radius 3 is 2.38 bits per heavy atom. The summed E-state index contributed by atoms with van der Waals surface area (Å²) in [7, 11) is 2.92. The number of aryl methyl sites for hydroxylation is 1. The number of thiazole rings is 1. The minimum absolute atomic E-state index is 0.104. The highest BCUT2D eigenvalue weighted by atomic mass is 32.1. The van der Waals surface area contributed by atoms with E-state index in [9.17, 15) is 39.9 Å². The molecular formula is C32H32N4O8S. The third kappa shape index (κ3) is 4.22. The lowest BCUT2D eigenvalue weighted by Gasteiger charge is -2.53. The zero-order valence-electron chi connectivity index (χ0n) is 24.8. The highest BCUT2D eigenvalue weighted by molar-refractivity contribution is 7.19. The van der Waals surface area contributed by atoms with Crippen LogP contribution in [0.25, 0.3) is 16.2 Å². The number of nitrogens with zero attached hydrogens (tertiary/aromatic N) is 2. The van der Waals surface area contributed by atoms with Crippen molar-refractivity contribution in [1.29, 1.82) is 0 Å². The summed E-state index contributed by atoms with van der Waals surface area (Å²) >= 11 is 1.36. The monoisotopic (exact) mass is 632 g/mol. The third-order valence-electron chi connectivity index (χ3n) is 9.20. The molecular weight excluding hydrogens is 600 g/mol. The second-order valence-corrected chi connectivity index (χ2v) is 12.9.